The van der Waals surface area contributed by atoms with Crippen LogP contribution in [0.15, 0.2) is 56.6 Å². The molecule has 3 heterocycles. The number of halogens is 1. The first-order chi connectivity index (χ1) is 14.2. The van der Waals surface area contributed by atoms with Crippen LogP contribution >= 0.6 is 27.3 Å². The fourth-order valence-corrected chi connectivity index (χ4v) is 4.51. The number of esters is 1. The molecule has 1 unspecified atom stereocenters. The second-order valence-electron chi connectivity index (χ2n) is 6.64. The molecule has 4 rings (SSSR count). The molecule has 1 saturated heterocycles. The molecule has 0 saturated carbocycles. The summed E-state index contributed by atoms with van der Waals surface area (Å²) in [6.45, 7) is 3.56. The van der Waals surface area contributed by atoms with Crippen molar-refractivity contribution in [2.45, 2.75) is 6.04 Å². The van der Waals surface area contributed by atoms with Crippen LogP contribution in [0.1, 0.15) is 16.6 Å². The van der Waals surface area contributed by atoms with Gasteiger partial charge in [-0.2, -0.15) is 0 Å². The van der Waals surface area contributed by atoms with Gasteiger partial charge in [0.15, 0.2) is 10.8 Å². The second kappa shape index (κ2) is 9.17. The van der Waals surface area contributed by atoms with Crippen LogP contribution in [0.2, 0.25) is 0 Å². The lowest BCUT2D eigenvalue weighted by atomic mass is 9.95. The van der Waals surface area contributed by atoms with Crippen molar-refractivity contribution >= 4 is 39.1 Å². The average Bonchev–Trinajstić information content (AvgIpc) is 3.29. The van der Waals surface area contributed by atoms with Crippen LogP contribution in [-0.2, 0) is 14.3 Å². The predicted octanol–water partition coefficient (Wildman–Crippen LogP) is 2.76. The predicted molar refractivity (Wildman–Crippen MR) is 115 cm³/mol. The Morgan fingerprint density at radius 3 is 2.86 bits per heavy atom. The zero-order valence-electron chi connectivity index (χ0n) is 15.9. The van der Waals surface area contributed by atoms with E-state index in [1.54, 1.807) is 6.20 Å². The monoisotopic (exact) mass is 476 g/mol. The molecular formula is C20H21BrN4O3S. The van der Waals surface area contributed by atoms with Crippen molar-refractivity contribution in [1.82, 2.24) is 15.2 Å². The van der Waals surface area contributed by atoms with E-state index in [9.17, 15) is 4.79 Å². The number of morpholine rings is 1. The van der Waals surface area contributed by atoms with Gasteiger partial charge >= 0.3 is 5.97 Å². The van der Waals surface area contributed by atoms with Crippen LogP contribution in [0.5, 0.6) is 0 Å². The number of amidine groups is 1. The Hall–Kier alpha value is -2.07. The van der Waals surface area contributed by atoms with Crippen LogP contribution in [0.3, 0.4) is 0 Å². The molecule has 7 nitrogen and oxygen atoms in total. The molecule has 1 atom stereocenters. The maximum Gasteiger partial charge on any atom is 0.338 e. The Morgan fingerprint density at radius 2 is 2.17 bits per heavy atom. The number of rotatable bonds is 5. The number of aliphatic imine (C=N–C) groups is 1. The third kappa shape index (κ3) is 4.42. The lowest BCUT2D eigenvalue weighted by Crippen LogP contribution is -2.43. The number of nitrogens with one attached hydrogen (secondary N) is 1. The number of benzene rings is 1. The summed E-state index contributed by atoms with van der Waals surface area (Å²) in [4.78, 5) is 24.4. The zero-order valence-corrected chi connectivity index (χ0v) is 18.3. The van der Waals surface area contributed by atoms with Crippen molar-refractivity contribution in [2.24, 2.45) is 4.99 Å². The molecule has 1 aromatic carbocycles. The normalized spacial score (nSPS) is 20.2. The minimum absolute atomic E-state index is 0.386. The van der Waals surface area contributed by atoms with Gasteiger partial charge in [0.2, 0.25) is 0 Å². The Morgan fingerprint density at radius 1 is 1.38 bits per heavy atom. The summed E-state index contributed by atoms with van der Waals surface area (Å²) in [6.07, 6.45) is 1.75. The second-order valence-corrected chi connectivity index (χ2v) is 8.39. The third-order valence-electron chi connectivity index (χ3n) is 4.85. The standard InChI is InChI=1S/C20H21BrN4O3S/c1-27-20(26)16-15(12-25-7-9-28-10-8-25)23-18(19-22-6-11-29-19)24-17(16)13-4-2-3-5-14(13)21/h2-6,11,17H,7-10,12H2,1H3,(H,23,24). The number of methoxy groups -OCH3 is 1. The zero-order chi connectivity index (χ0) is 20.2. The maximum atomic E-state index is 12.8. The van der Waals surface area contributed by atoms with E-state index in [0.717, 1.165) is 33.8 Å². The van der Waals surface area contributed by atoms with Gasteiger partial charge in [0, 0.05) is 41.4 Å². The Balaban J connectivity index is 1.80. The molecule has 2 aromatic rings. The number of carbonyl (C=O) groups is 1. The maximum absolute atomic E-state index is 12.8. The average molecular weight is 477 g/mol. The lowest BCUT2D eigenvalue weighted by Gasteiger charge is -2.32. The van der Waals surface area contributed by atoms with Gasteiger partial charge in [-0.25, -0.2) is 9.78 Å². The van der Waals surface area contributed by atoms with Gasteiger partial charge < -0.3 is 14.8 Å². The first-order valence-corrected chi connectivity index (χ1v) is 10.9. The Kier molecular flexibility index (Phi) is 6.39. The third-order valence-corrected chi connectivity index (χ3v) is 6.35. The van der Waals surface area contributed by atoms with Gasteiger partial charge in [-0.15, -0.1) is 11.3 Å². The van der Waals surface area contributed by atoms with E-state index in [0.29, 0.717) is 31.2 Å². The molecule has 1 N–H and O–H groups in total. The van der Waals surface area contributed by atoms with Crippen LogP contribution in [-0.4, -0.2) is 61.6 Å². The highest BCUT2D eigenvalue weighted by molar-refractivity contribution is 9.10. The van der Waals surface area contributed by atoms with Gasteiger partial charge in [-0.05, 0) is 11.6 Å². The number of nitrogens with zero attached hydrogens (tertiary/aromatic N) is 3. The molecule has 2 aliphatic heterocycles. The number of hydrogen-bond donors (Lipinski definition) is 1. The quantitative estimate of drug-likeness (QED) is 0.668. The fraction of sp³-hybridized carbons (Fsp3) is 0.350. The van der Waals surface area contributed by atoms with Crippen LogP contribution < -0.4 is 5.32 Å². The summed E-state index contributed by atoms with van der Waals surface area (Å²) in [5.74, 6) is 0.278. The smallest absolute Gasteiger partial charge is 0.338 e. The van der Waals surface area contributed by atoms with Gasteiger partial charge in [0.05, 0.1) is 25.9 Å². The highest BCUT2D eigenvalue weighted by Gasteiger charge is 2.34. The van der Waals surface area contributed by atoms with E-state index in [2.05, 4.69) is 31.1 Å². The van der Waals surface area contributed by atoms with Crippen molar-refractivity contribution in [3.05, 3.63) is 62.2 Å². The van der Waals surface area contributed by atoms with E-state index >= 15 is 0 Å². The van der Waals surface area contributed by atoms with Crippen LogP contribution in [0.25, 0.3) is 0 Å². The Bertz CT molecular complexity index is 939. The van der Waals surface area contributed by atoms with Gasteiger partial charge in [-0.1, -0.05) is 34.1 Å². The topological polar surface area (TPSA) is 76.0 Å². The van der Waals surface area contributed by atoms with Crippen molar-refractivity contribution in [3.63, 3.8) is 0 Å². The molecule has 0 spiro atoms. The highest BCUT2D eigenvalue weighted by atomic mass is 79.9. The van der Waals surface area contributed by atoms with E-state index < -0.39 is 6.04 Å². The van der Waals surface area contributed by atoms with Gasteiger partial charge in [0.25, 0.3) is 0 Å². The minimum Gasteiger partial charge on any atom is -0.466 e. The molecule has 2 aliphatic rings. The molecule has 0 bridgehead atoms. The fourth-order valence-electron chi connectivity index (χ4n) is 3.42. The van der Waals surface area contributed by atoms with Crippen LogP contribution in [0.4, 0.5) is 0 Å². The summed E-state index contributed by atoms with van der Waals surface area (Å²) in [5, 5.41) is 6.06. The number of aromatic nitrogens is 1. The number of ether oxygens (including phenoxy) is 2. The molecule has 152 valence electrons. The van der Waals surface area contributed by atoms with E-state index in [4.69, 9.17) is 14.5 Å². The largest absolute Gasteiger partial charge is 0.466 e. The van der Waals surface area contributed by atoms with E-state index in [-0.39, 0.29) is 5.97 Å². The van der Waals surface area contributed by atoms with Crippen molar-refractivity contribution in [3.8, 4) is 0 Å². The lowest BCUT2D eigenvalue weighted by molar-refractivity contribution is -0.136. The molecular weight excluding hydrogens is 456 g/mol. The summed E-state index contributed by atoms with van der Waals surface area (Å²) in [7, 11) is 1.40. The van der Waals surface area contributed by atoms with Crippen molar-refractivity contribution in [1.29, 1.82) is 0 Å². The SMILES string of the molecule is COC(=O)C1=C(CN2CCOCC2)NC(c2nccs2)=NC1c1ccccc1Br. The van der Waals surface area contributed by atoms with E-state index in [1.807, 2.05) is 29.6 Å². The summed E-state index contributed by atoms with van der Waals surface area (Å²) >= 11 is 5.12. The molecule has 1 aromatic heterocycles. The number of carbonyl (C=O) groups excluding carboxylic acids is 1. The van der Waals surface area contributed by atoms with Gasteiger partial charge in [-0.3, -0.25) is 9.89 Å². The highest BCUT2D eigenvalue weighted by Crippen LogP contribution is 2.36. The van der Waals surface area contributed by atoms with Crippen molar-refractivity contribution < 1.29 is 14.3 Å². The van der Waals surface area contributed by atoms with Crippen LogP contribution in [0, 0.1) is 0 Å². The molecule has 29 heavy (non-hydrogen) atoms. The van der Waals surface area contributed by atoms with E-state index in [1.165, 1.54) is 18.4 Å². The molecule has 0 aliphatic carbocycles. The Labute approximate surface area is 181 Å². The minimum atomic E-state index is -0.491. The summed E-state index contributed by atoms with van der Waals surface area (Å²) in [6, 6.07) is 7.31. The summed E-state index contributed by atoms with van der Waals surface area (Å²) < 4.78 is 11.5. The molecule has 1 fully saturated rings. The number of thiazole rings is 1. The first kappa shape index (κ1) is 20.2. The van der Waals surface area contributed by atoms with Crippen molar-refractivity contribution in [2.75, 3.05) is 40.0 Å². The first-order valence-electron chi connectivity index (χ1n) is 9.28. The van der Waals surface area contributed by atoms with Gasteiger partial charge in [0.1, 0.15) is 6.04 Å². The molecule has 9 heteroatoms. The summed E-state index contributed by atoms with van der Waals surface area (Å²) in [5.41, 5.74) is 2.22. The molecule has 0 radical (unpaired) electrons. The number of hydrogen-bond acceptors (Lipinski definition) is 8. The molecule has 0 amide bonds.